The van der Waals surface area contributed by atoms with Gasteiger partial charge in [-0.05, 0) is 43.0 Å². The fourth-order valence-electron chi connectivity index (χ4n) is 2.99. The van der Waals surface area contributed by atoms with Crippen molar-refractivity contribution in [1.82, 2.24) is 0 Å². The second kappa shape index (κ2) is 5.48. The first-order chi connectivity index (χ1) is 11.2. The van der Waals surface area contributed by atoms with Crippen LogP contribution >= 0.6 is 0 Å². The number of hydrogen-bond acceptors (Lipinski definition) is 5. The van der Waals surface area contributed by atoms with Gasteiger partial charge in [-0.1, -0.05) is 12.1 Å². The number of sulfonamides is 1. The summed E-state index contributed by atoms with van der Waals surface area (Å²) in [5.41, 5.74) is 8.51. The maximum absolute atomic E-state index is 13.1. The highest BCUT2D eigenvalue weighted by molar-refractivity contribution is 7.93. The van der Waals surface area contributed by atoms with Crippen LogP contribution in [0.3, 0.4) is 0 Å². The van der Waals surface area contributed by atoms with Crippen LogP contribution in [0, 0.1) is 24.0 Å². The average molecular weight is 347 g/mol. The molecule has 0 unspecified atom stereocenters. The molecule has 1 aliphatic heterocycles. The van der Waals surface area contributed by atoms with Crippen LogP contribution in [-0.4, -0.2) is 19.9 Å². The summed E-state index contributed by atoms with van der Waals surface area (Å²) in [7, 11) is -3.93. The zero-order valence-electron chi connectivity index (χ0n) is 13.3. The average Bonchev–Trinajstić information content (AvgIpc) is 2.95. The van der Waals surface area contributed by atoms with E-state index >= 15 is 0 Å². The van der Waals surface area contributed by atoms with Crippen molar-refractivity contribution in [3.8, 4) is 0 Å². The Bertz CT molecular complexity index is 954. The van der Waals surface area contributed by atoms with Crippen LogP contribution in [0.1, 0.15) is 16.7 Å². The van der Waals surface area contributed by atoms with Crippen molar-refractivity contribution in [2.75, 3.05) is 16.6 Å². The molecule has 0 atom stereocenters. The van der Waals surface area contributed by atoms with Gasteiger partial charge in [0.15, 0.2) is 0 Å². The lowest BCUT2D eigenvalue weighted by atomic mass is 10.1. The lowest BCUT2D eigenvalue weighted by molar-refractivity contribution is -0.385. The third-order valence-electron chi connectivity index (χ3n) is 4.37. The molecule has 1 aliphatic rings. The maximum atomic E-state index is 13.1. The normalized spacial score (nSPS) is 13.8. The minimum atomic E-state index is -3.93. The molecule has 126 valence electrons. The summed E-state index contributed by atoms with van der Waals surface area (Å²) in [5, 5.41) is 11.1. The van der Waals surface area contributed by atoms with E-state index in [1.807, 2.05) is 6.07 Å². The molecule has 24 heavy (non-hydrogen) atoms. The standard InChI is InChI=1S/C16H17N3O4S/c1-10-8-13(19(20)21)9-15(11(10)2)24(22,23)18-7-6-12-4-3-5-14(17)16(12)18/h3-5,8-9H,6-7,17H2,1-2H3. The number of nitrogens with zero attached hydrogens (tertiary/aromatic N) is 2. The molecule has 0 aliphatic carbocycles. The molecule has 0 aromatic heterocycles. The summed E-state index contributed by atoms with van der Waals surface area (Å²) < 4.78 is 27.5. The second-order valence-corrected chi connectivity index (χ2v) is 7.66. The smallest absolute Gasteiger partial charge is 0.271 e. The summed E-state index contributed by atoms with van der Waals surface area (Å²) in [4.78, 5) is 10.5. The lowest BCUT2D eigenvalue weighted by Gasteiger charge is -2.22. The van der Waals surface area contributed by atoms with Gasteiger partial charge in [0, 0.05) is 18.7 Å². The highest BCUT2D eigenvalue weighted by atomic mass is 32.2. The molecule has 0 bridgehead atoms. The predicted octanol–water partition coefficient (Wildman–Crippen LogP) is 2.55. The highest BCUT2D eigenvalue weighted by Crippen LogP contribution is 2.39. The molecule has 7 nitrogen and oxygen atoms in total. The van der Waals surface area contributed by atoms with Gasteiger partial charge in [-0.25, -0.2) is 8.42 Å². The molecule has 0 radical (unpaired) electrons. The molecule has 2 aromatic carbocycles. The van der Waals surface area contributed by atoms with Gasteiger partial charge in [0.1, 0.15) is 0 Å². The molecule has 0 fully saturated rings. The number of nitrogen functional groups attached to an aromatic ring is 1. The number of anilines is 2. The number of rotatable bonds is 3. The van der Waals surface area contributed by atoms with E-state index in [2.05, 4.69) is 0 Å². The van der Waals surface area contributed by atoms with Gasteiger partial charge < -0.3 is 5.73 Å². The first-order valence-electron chi connectivity index (χ1n) is 7.39. The molecule has 0 spiro atoms. The van der Waals surface area contributed by atoms with E-state index in [4.69, 9.17) is 5.73 Å². The van der Waals surface area contributed by atoms with Gasteiger partial charge in [-0.15, -0.1) is 0 Å². The van der Waals surface area contributed by atoms with Gasteiger partial charge in [-0.3, -0.25) is 14.4 Å². The molecule has 8 heteroatoms. The van der Waals surface area contributed by atoms with E-state index in [1.54, 1.807) is 26.0 Å². The van der Waals surface area contributed by atoms with Crippen molar-refractivity contribution in [2.45, 2.75) is 25.2 Å². The largest absolute Gasteiger partial charge is 0.397 e. The number of fused-ring (bicyclic) bond motifs is 1. The molecule has 1 heterocycles. The number of non-ortho nitro benzene ring substituents is 1. The summed E-state index contributed by atoms with van der Waals surface area (Å²) >= 11 is 0. The zero-order chi connectivity index (χ0) is 17.6. The molecule has 0 saturated carbocycles. The quantitative estimate of drug-likeness (QED) is 0.522. The Morgan fingerprint density at radius 1 is 1.25 bits per heavy atom. The van der Waals surface area contributed by atoms with Crippen molar-refractivity contribution in [3.63, 3.8) is 0 Å². The van der Waals surface area contributed by atoms with E-state index < -0.39 is 14.9 Å². The number of benzene rings is 2. The lowest BCUT2D eigenvalue weighted by Crippen LogP contribution is -2.30. The molecular weight excluding hydrogens is 330 g/mol. The number of hydrogen-bond donors (Lipinski definition) is 1. The SMILES string of the molecule is Cc1cc([N+](=O)[O-])cc(S(=O)(=O)N2CCc3cccc(N)c32)c1C. The number of aryl methyl sites for hydroxylation is 1. The summed E-state index contributed by atoms with van der Waals surface area (Å²) in [6, 6.07) is 7.77. The van der Waals surface area contributed by atoms with Crippen LogP contribution in [0.2, 0.25) is 0 Å². The van der Waals surface area contributed by atoms with Gasteiger partial charge in [0.2, 0.25) is 0 Å². The van der Waals surface area contributed by atoms with Gasteiger partial charge in [-0.2, -0.15) is 0 Å². The first kappa shape index (κ1) is 16.3. The number of para-hydroxylation sites is 1. The van der Waals surface area contributed by atoms with Crippen LogP contribution in [0.5, 0.6) is 0 Å². The molecular formula is C16H17N3O4S. The van der Waals surface area contributed by atoms with Gasteiger partial charge in [0.05, 0.1) is 21.2 Å². The van der Waals surface area contributed by atoms with E-state index in [0.29, 0.717) is 28.9 Å². The fraction of sp³-hybridized carbons (Fsp3) is 0.250. The molecule has 2 aromatic rings. The van der Waals surface area contributed by atoms with E-state index in [-0.39, 0.29) is 17.1 Å². The minimum Gasteiger partial charge on any atom is -0.397 e. The van der Waals surface area contributed by atoms with Crippen molar-refractivity contribution in [1.29, 1.82) is 0 Å². The Labute approximate surface area is 139 Å². The van der Waals surface area contributed by atoms with Crippen molar-refractivity contribution >= 4 is 27.1 Å². The van der Waals surface area contributed by atoms with E-state index in [9.17, 15) is 18.5 Å². The molecule has 0 saturated heterocycles. The van der Waals surface area contributed by atoms with Crippen LogP contribution in [-0.2, 0) is 16.4 Å². The Morgan fingerprint density at radius 2 is 1.96 bits per heavy atom. The molecule has 2 N–H and O–H groups in total. The topological polar surface area (TPSA) is 107 Å². The highest BCUT2D eigenvalue weighted by Gasteiger charge is 2.34. The monoisotopic (exact) mass is 347 g/mol. The van der Waals surface area contributed by atoms with E-state index in [1.165, 1.54) is 10.4 Å². The third-order valence-corrected chi connectivity index (χ3v) is 6.29. The van der Waals surface area contributed by atoms with Crippen molar-refractivity contribution in [3.05, 3.63) is 57.1 Å². The van der Waals surface area contributed by atoms with Crippen LogP contribution in [0.15, 0.2) is 35.2 Å². The van der Waals surface area contributed by atoms with Crippen LogP contribution < -0.4 is 10.0 Å². The summed E-state index contributed by atoms with van der Waals surface area (Å²) in [6.07, 6.45) is 0.562. The van der Waals surface area contributed by atoms with Crippen molar-refractivity contribution < 1.29 is 13.3 Å². The zero-order valence-corrected chi connectivity index (χ0v) is 14.1. The number of nitrogens with two attached hydrogens (primary N) is 1. The summed E-state index contributed by atoms with van der Waals surface area (Å²) in [5.74, 6) is 0. The Kier molecular flexibility index (Phi) is 3.71. The van der Waals surface area contributed by atoms with Gasteiger partial charge in [0.25, 0.3) is 15.7 Å². The second-order valence-electron chi connectivity index (χ2n) is 5.83. The predicted molar refractivity (Wildman–Crippen MR) is 91.7 cm³/mol. The number of nitro benzene ring substituents is 1. The van der Waals surface area contributed by atoms with Crippen LogP contribution in [0.25, 0.3) is 0 Å². The maximum Gasteiger partial charge on any atom is 0.271 e. The summed E-state index contributed by atoms with van der Waals surface area (Å²) in [6.45, 7) is 3.58. The molecule has 0 amide bonds. The van der Waals surface area contributed by atoms with E-state index in [0.717, 1.165) is 11.6 Å². The fourth-order valence-corrected chi connectivity index (χ4v) is 4.84. The molecule has 3 rings (SSSR count). The first-order valence-corrected chi connectivity index (χ1v) is 8.83. The van der Waals surface area contributed by atoms with Gasteiger partial charge >= 0.3 is 0 Å². The minimum absolute atomic E-state index is 0.0506. The Morgan fingerprint density at radius 3 is 2.62 bits per heavy atom. The van der Waals surface area contributed by atoms with Crippen molar-refractivity contribution in [2.24, 2.45) is 0 Å². The Balaban J connectivity index is 2.20. The number of nitro groups is 1. The Hall–Kier alpha value is -2.61. The van der Waals surface area contributed by atoms with Crippen LogP contribution in [0.4, 0.5) is 17.1 Å². The third kappa shape index (κ3) is 2.39.